The summed E-state index contributed by atoms with van der Waals surface area (Å²) in [6.07, 6.45) is 11.3. The van der Waals surface area contributed by atoms with Crippen molar-refractivity contribution in [1.82, 2.24) is 13.7 Å². The molecule has 3 heterocycles. The first-order valence-corrected chi connectivity index (χ1v) is 15.9. The van der Waals surface area contributed by atoms with Crippen molar-refractivity contribution in [1.29, 1.82) is 0 Å². The summed E-state index contributed by atoms with van der Waals surface area (Å²) >= 11 is 0. The number of benzene rings is 3. The Morgan fingerprint density at radius 3 is 1.82 bits per heavy atom. The third-order valence-electron chi connectivity index (χ3n) is 8.63. The number of carbonyl (C=O) groups is 2. The molecule has 0 amide bonds. The molecule has 3 aromatic carbocycles. The van der Waals surface area contributed by atoms with Gasteiger partial charge in [-0.15, -0.1) is 0 Å². The maximum Gasteiger partial charge on any atom is 0.320 e. The van der Waals surface area contributed by atoms with Gasteiger partial charge in [0.05, 0.1) is 26.9 Å². The first kappa shape index (κ1) is 37.6. The molecule has 0 fully saturated rings. The number of carboxylic acid groups (broad SMARTS) is 2. The Balaban J connectivity index is 0.000000177. The number of nitrogens with two attached hydrogens (primary N) is 2. The maximum atomic E-state index is 11.2. The summed E-state index contributed by atoms with van der Waals surface area (Å²) in [6.45, 7) is 11.3. The van der Waals surface area contributed by atoms with Gasteiger partial charge in [0.2, 0.25) is 0 Å². The average Bonchev–Trinajstić information content (AvgIpc) is 3.76. The number of non-ortho nitro benzene ring substituents is 1. The van der Waals surface area contributed by atoms with E-state index in [0.29, 0.717) is 22.9 Å². The number of nitrogens with zero attached hydrogens (tertiary/aromatic N) is 4. The van der Waals surface area contributed by atoms with Crippen LogP contribution in [-0.2, 0) is 43.6 Å². The number of fused-ring (bicyclic) bond motifs is 3. The third-order valence-corrected chi connectivity index (χ3v) is 8.63. The van der Waals surface area contributed by atoms with E-state index in [0.717, 1.165) is 27.6 Å². The molecule has 12 heteroatoms. The van der Waals surface area contributed by atoms with Gasteiger partial charge in [-0.05, 0) is 39.9 Å². The topological polar surface area (TPSA) is 185 Å². The molecule has 0 aliphatic heterocycles. The molecule has 0 saturated heterocycles. The number of aromatic nitrogens is 3. The van der Waals surface area contributed by atoms with Gasteiger partial charge in [0, 0.05) is 69.4 Å². The van der Waals surface area contributed by atoms with Crippen LogP contribution in [-0.4, -0.2) is 52.9 Å². The molecule has 6 rings (SSSR count). The lowest BCUT2D eigenvalue weighted by molar-refractivity contribution is -0.383. The predicted octanol–water partition coefficient (Wildman–Crippen LogP) is 6.28. The van der Waals surface area contributed by atoms with Gasteiger partial charge in [0.15, 0.2) is 0 Å². The van der Waals surface area contributed by atoms with Crippen molar-refractivity contribution in [2.75, 3.05) is 0 Å². The van der Waals surface area contributed by atoms with Crippen molar-refractivity contribution >= 4 is 68.6 Å². The van der Waals surface area contributed by atoms with Gasteiger partial charge in [-0.1, -0.05) is 74.4 Å². The second-order valence-electron chi connectivity index (χ2n) is 12.1. The van der Waals surface area contributed by atoms with Gasteiger partial charge in [-0.3, -0.25) is 19.7 Å². The lowest BCUT2D eigenvalue weighted by Crippen LogP contribution is -2.32. The number of para-hydroxylation sites is 2. The molecule has 264 valence electrons. The quantitative estimate of drug-likeness (QED) is 0.0956. The smallest absolute Gasteiger partial charge is 0.320 e. The fourth-order valence-electron chi connectivity index (χ4n) is 6.24. The molecule has 0 aliphatic rings. The van der Waals surface area contributed by atoms with E-state index in [9.17, 15) is 19.7 Å². The maximum absolute atomic E-state index is 11.2. The van der Waals surface area contributed by atoms with Crippen LogP contribution in [0.25, 0.3) is 50.9 Å². The molecule has 0 bridgehead atoms. The van der Waals surface area contributed by atoms with Crippen molar-refractivity contribution in [3.05, 3.63) is 131 Å². The van der Waals surface area contributed by atoms with Crippen LogP contribution in [0.3, 0.4) is 0 Å². The molecule has 51 heavy (non-hydrogen) atoms. The van der Waals surface area contributed by atoms with Gasteiger partial charge in [0.25, 0.3) is 5.69 Å². The number of hydrogen-bond donors (Lipinski definition) is 4. The summed E-state index contributed by atoms with van der Waals surface area (Å²) in [6, 6.07) is 15.3. The van der Waals surface area contributed by atoms with E-state index >= 15 is 0 Å². The Hall–Kier alpha value is -6.24. The monoisotopic (exact) mass is 690 g/mol. The van der Waals surface area contributed by atoms with Crippen LogP contribution < -0.4 is 11.5 Å². The van der Waals surface area contributed by atoms with Gasteiger partial charge < -0.3 is 35.4 Å². The fourth-order valence-corrected chi connectivity index (χ4v) is 6.24. The van der Waals surface area contributed by atoms with E-state index in [4.69, 9.17) is 21.7 Å². The Labute approximate surface area is 295 Å². The summed E-state index contributed by atoms with van der Waals surface area (Å²) in [5.74, 6) is -2.12. The Bertz CT molecular complexity index is 2290. The van der Waals surface area contributed by atoms with E-state index in [1.807, 2.05) is 42.1 Å². The zero-order chi connectivity index (χ0) is 37.6. The molecule has 6 aromatic rings. The van der Waals surface area contributed by atoms with Crippen LogP contribution >= 0.6 is 0 Å². The summed E-state index contributed by atoms with van der Waals surface area (Å²) in [5.41, 5.74) is 18.5. The lowest BCUT2D eigenvalue weighted by atomic mass is 10.0. The molecule has 0 aliphatic carbocycles. The fraction of sp³-hybridized carbons (Fsp3) is 0.179. The number of nitro groups is 1. The normalized spacial score (nSPS) is 11.9. The summed E-state index contributed by atoms with van der Waals surface area (Å²) in [7, 11) is 5.73. The highest BCUT2D eigenvalue weighted by Gasteiger charge is 2.23. The SMILES string of the molecule is C=Cc1ccc([N+](=O)[O-])c2c(CC(N)C(=O)O)cn(C)c12.C=Cc1cccc2c(CC(N)C(=O)O)cn(C)c12.C=Cc1cccc2ccn(C)c12. The number of nitro benzene ring substituents is 1. The number of hydrogen-bond acceptors (Lipinski definition) is 6. The van der Waals surface area contributed by atoms with E-state index < -0.39 is 28.9 Å². The van der Waals surface area contributed by atoms with Gasteiger partial charge >= 0.3 is 11.9 Å². The molecule has 2 atom stereocenters. The number of aliphatic carboxylic acids is 2. The van der Waals surface area contributed by atoms with Crippen LogP contribution in [0.15, 0.2) is 92.9 Å². The van der Waals surface area contributed by atoms with E-state index in [1.54, 1.807) is 36.0 Å². The molecule has 2 unspecified atom stereocenters. The second kappa shape index (κ2) is 16.0. The average molecular weight is 691 g/mol. The highest BCUT2D eigenvalue weighted by atomic mass is 16.6. The van der Waals surface area contributed by atoms with Crippen molar-refractivity contribution in [2.24, 2.45) is 32.6 Å². The van der Waals surface area contributed by atoms with Gasteiger partial charge in [-0.2, -0.15) is 0 Å². The zero-order valence-corrected chi connectivity index (χ0v) is 28.8. The summed E-state index contributed by atoms with van der Waals surface area (Å²) in [4.78, 5) is 32.5. The van der Waals surface area contributed by atoms with E-state index in [1.165, 1.54) is 22.5 Å². The minimum atomic E-state index is -1.14. The third kappa shape index (κ3) is 7.99. The van der Waals surface area contributed by atoms with Crippen molar-refractivity contribution in [2.45, 2.75) is 24.9 Å². The van der Waals surface area contributed by atoms with Crippen molar-refractivity contribution in [3.8, 4) is 0 Å². The minimum Gasteiger partial charge on any atom is -0.480 e. The highest BCUT2D eigenvalue weighted by molar-refractivity contribution is 5.98. The van der Waals surface area contributed by atoms with Gasteiger partial charge in [-0.25, -0.2) is 0 Å². The molecule has 12 nitrogen and oxygen atoms in total. The molecule has 0 radical (unpaired) electrons. The van der Waals surface area contributed by atoms with Crippen molar-refractivity contribution in [3.63, 3.8) is 0 Å². The first-order valence-electron chi connectivity index (χ1n) is 15.9. The number of rotatable bonds is 10. The second-order valence-corrected chi connectivity index (χ2v) is 12.1. The largest absolute Gasteiger partial charge is 0.480 e. The molecule has 0 spiro atoms. The van der Waals surface area contributed by atoms with Crippen LogP contribution in [0.4, 0.5) is 5.69 Å². The standard InChI is InChI=1S/C14H15N3O4.C14H16N2O2.C11H11N/c1-3-8-4-5-11(17(20)21)12-9(6-10(15)14(18)19)7-16(2)13(8)12;1-3-9-5-4-6-11-10(7-12(15)14(17)18)8-16(2)13(9)11;1-3-9-5-4-6-10-7-8-12(2)11(9)10/h3-5,7,10H,1,6,15H2,2H3,(H,18,19);3-6,8,12H,1,7,15H2,2H3,(H,17,18);3-8H,1H2,2H3. The van der Waals surface area contributed by atoms with E-state index in [2.05, 4.69) is 61.8 Å². The Morgan fingerprint density at radius 1 is 0.745 bits per heavy atom. The predicted molar refractivity (Wildman–Crippen MR) is 204 cm³/mol. The van der Waals surface area contributed by atoms with Crippen LogP contribution in [0.2, 0.25) is 0 Å². The van der Waals surface area contributed by atoms with Crippen LogP contribution in [0, 0.1) is 10.1 Å². The Kier molecular flexibility index (Phi) is 11.8. The minimum absolute atomic E-state index is 0.0219. The van der Waals surface area contributed by atoms with Gasteiger partial charge in [0.1, 0.15) is 12.1 Å². The van der Waals surface area contributed by atoms with Crippen molar-refractivity contribution < 1.29 is 24.7 Å². The molecule has 0 saturated carbocycles. The molecular weight excluding hydrogens is 648 g/mol. The highest BCUT2D eigenvalue weighted by Crippen LogP contribution is 2.34. The molecular formula is C39H42N6O6. The molecule has 3 aromatic heterocycles. The van der Waals surface area contributed by atoms with Crippen LogP contribution in [0.1, 0.15) is 27.8 Å². The van der Waals surface area contributed by atoms with Crippen LogP contribution in [0.5, 0.6) is 0 Å². The van der Waals surface area contributed by atoms with E-state index in [-0.39, 0.29) is 12.1 Å². The number of aryl methyl sites for hydroxylation is 3. The first-order chi connectivity index (χ1) is 24.2. The molecule has 6 N–H and O–H groups in total. The Morgan fingerprint density at radius 2 is 1.25 bits per heavy atom. The summed E-state index contributed by atoms with van der Waals surface area (Å²) in [5, 5.41) is 31.7. The lowest BCUT2D eigenvalue weighted by Gasteiger charge is -2.06. The number of carboxylic acids is 2. The zero-order valence-electron chi connectivity index (χ0n) is 28.8. The summed E-state index contributed by atoms with van der Waals surface area (Å²) < 4.78 is 5.83.